The van der Waals surface area contributed by atoms with Crippen LogP contribution >= 0.6 is 11.6 Å². The SMILES string of the molecule is COc1cc(/N=C/N(C)C)c(C)cc1Oc1ccc(Cl)c(C(F)(F)F)c1. The van der Waals surface area contributed by atoms with Crippen molar-refractivity contribution < 1.29 is 22.6 Å². The van der Waals surface area contributed by atoms with E-state index < -0.39 is 11.7 Å². The highest BCUT2D eigenvalue weighted by atomic mass is 35.5. The van der Waals surface area contributed by atoms with E-state index in [1.165, 1.54) is 13.2 Å². The molecular formula is C18H18ClF3N2O2. The number of nitrogens with zero attached hydrogens (tertiary/aromatic N) is 2. The Kier molecular flexibility index (Phi) is 6.02. The second kappa shape index (κ2) is 7.86. The predicted octanol–water partition coefficient (Wildman–Crippen LogP) is 5.69. The number of alkyl halides is 3. The maximum Gasteiger partial charge on any atom is 0.417 e. The molecule has 0 aliphatic carbocycles. The van der Waals surface area contributed by atoms with Crippen molar-refractivity contribution in [2.75, 3.05) is 21.2 Å². The van der Waals surface area contributed by atoms with Crippen LogP contribution in [0.2, 0.25) is 5.02 Å². The summed E-state index contributed by atoms with van der Waals surface area (Å²) >= 11 is 5.63. The Morgan fingerprint density at radius 3 is 2.38 bits per heavy atom. The zero-order valence-corrected chi connectivity index (χ0v) is 15.4. The molecule has 0 aliphatic rings. The van der Waals surface area contributed by atoms with Crippen LogP contribution in [0.4, 0.5) is 18.9 Å². The van der Waals surface area contributed by atoms with Gasteiger partial charge in [-0.3, -0.25) is 0 Å². The summed E-state index contributed by atoms with van der Waals surface area (Å²) in [5, 5.41) is -0.388. The van der Waals surface area contributed by atoms with Crippen LogP contribution < -0.4 is 9.47 Å². The summed E-state index contributed by atoms with van der Waals surface area (Å²) in [6.45, 7) is 1.82. The summed E-state index contributed by atoms with van der Waals surface area (Å²) in [6.07, 6.45) is -2.93. The molecule has 0 atom stereocenters. The van der Waals surface area contributed by atoms with Crippen LogP contribution in [0.15, 0.2) is 35.3 Å². The molecule has 26 heavy (non-hydrogen) atoms. The van der Waals surface area contributed by atoms with Gasteiger partial charge in [0.1, 0.15) is 5.75 Å². The van der Waals surface area contributed by atoms with Gasteiger partial charge in [-0.05, 0) is 36.8 Å². The normalized spacial score (nSPS) is 11.7. The van der Waals surface area contributed by atoms with Gasteiger partial charge in [-0.2, -0.15) is 13.2 Å². The highest BCUT2D eigenvalue weighted by molar-refractivity contribution is 6.31. The number of halogens is 4. The summed E-state index contributed by atoms with van der Waals surface area (Å²) < 4.78 is 49.9. The molecule has 0 radical (unpaired) electrons. The number of ether oxygens (including phenoxy) is 2. The fraction of sp³-hybridized carbons (Fsp3) is 0.278. The van der Waals surface area contributed by atoms with Crippen LogP contribution in [0.5, 0.6) is 17.2 Å². The van der Waals surface area contributed by atoms with Gasteiger partial charge in [0.05, 0.1) is 29.7 Å². The minimum atomic E-state index is -4.57. The molecule has 4 nitrogen and oxygen atoms in total. The van der Waals surface area contributed by atoms with Gasteiger partial charge in [-0.25, -0.2) is 4.99 Å². The van der Waals surface area contributed by atoms with Crippen molar-refractivity contribution in [2.24, 2.45) is 4.99 Å². The van der Waals surface area contributed by atoms with E-state index in [1.807, 2.05) is 21.0 Å². The highest BCUT2D eigenvalue weighted by Crippen LogP contribution is 2.40. The molecule has 0 saturated heterocycles. The maximum absolute atomic E-state index is 13.0. The lowest BCUT2D eigenvalue weighted by molar-refractivity contribution is -0.137. The summed E-state index contributed by atoms with van der Waals surface area (Å²) in [4.78, 5) is 6.10. The van der Waals surface area contributed by atoms with E-state index in [2.05, 4.69) is 4.99 Å². The van der Waals surface area contributed by atoms with Gasteiger partial charge in [-0.15, -0.1) is 0 Å². The van der Waals surface area contributed by atoms with Crippen molar-refractivity contribution in [1.29, 1.82) is 0 Å². The molecule has 0 saturated carbocycles. The van der Waals surface area contributed by atoms with E-state index >= 15 is 0 Å². The highest BCUT2D eigenvalue weighted by Gasteiger charge is 2.33. The molecule has 0 heterocycles. The average Bonchev–Trinajstić information content (AvgIpc) is 2.54. The molecule has 0 aliphatic heterocycles. The maximum atomic E-state index is 13.0. The van der Waals surface area contributed by atoms with E-state index in [0.29, 0.717) is 11.4 Å². The van der Waals surface area contributed by atoms with Crippen molar-refractivity contribution in [3.05, 3.63) is 46.5 Å². The summed E-state index contributed by atoms with van der Waals surface area (Å²) in [5.74, 6) is 0.637. The van der Waals surface area contributed by atoms with Crippen molar-refractivity contribution in [1.82, 2.24) is 4.90 Å². The van der Waals surface area contributed by atoms with Crippen LogP contribution in [-0.2, 0) is 6.18 Å². The van der Waals surface area contributed by atoms with Crippen LogP contribution in [0, 0.1) is 6.92 Å². The van der Waals surface area contributed by atoms with E-state index in [1.54, 1.807) is 23.4 Å². The van der Waals surface area contributed by atoms with Gasteiger partial charge >= 0.3 is 6.18 Å². The lowest BCUT2D eigenvalue weighted by atomic mass is 10.1. The standard InChI is InChI=1S/C18H18ClF3N2O2/c1-11-7-17(16(25-4)9-15(11)23-10-24(2)3)26-12-5-6-14(19)13(8-12)18(20,21)22/h5-10H,1-4H3/b23-10+. The van der Waals surface area contributed by atoms with Crippen LogP contribution in [0.1, 0.15) is 11.1 Å². The second-order valence-corrected chi connectivity index (χ2v) is 6.15. The van der Waals surface area contributed by atoms with Crippen molar-refractivity contribution in [3.63, 3.8) is 0 Å². The Morgan fingerprint density at radius 1 is 1.12 bits per heavy atom. The number of methoxy groups -OCH3 is 1. The number of benzene rings is 2. The fourth-order valence-corrected chi connectivity index (χ4v) is 2.34. The van der Waals surface area contributed by atoms with Crippen molar-refractivity contribution >= 4 is 23.6 Å². The molecule has 0 aromatic heterocycles. The fourth-order valence-electron chi connectivity index (χ4n) is 2.12. The van der Waals surface area contributed by atoms with Crippen molar-refractivity contribution in [3.8, 4) is 17.2 Å². The van der Waals surface area contributed by atoms with E-state index in [9.17, 15) is 13.2 Å². The molecule has 2 aromatic rings. The number of hydrogen-bond donors (Lipinski definition) is 0. The minimum absolute atomic E-state index is 0.00367. The monoisotopic (exact) mass is 386 g/mol. The quantitative estimate of drug-likeness (QED) is 0.489. The first-order valence-corrected chi connectivity index (χ1v) is 7.93. The molecule has 2 aromatic carbocycles. The minimum Gasteiger partial charge on any atom is -0.493 e. The predicted molar refractivity (Wildman–Crippen MR) is 96.1 cm³/mol. The van der Waals surface area contributed by atoms with Gasteiger partial charge in [0, 0.05) is 20.2 Å². The Labute approximate surface area is 154 Å². The largest absolute Gasteiger partial charge is 0.493 e. The zero-order valence-electron chi connectivity index (χ0n) is 14.7. The van der Waals surface area contributed by atoms with E-state index in [-0.39, 0.29) is 16.5 Å². The third-order valence-electron chi connectivity index (χ3n) is 3.38. The second-order valence-electron chi connectivity index (χ2n) is 5.74. The first-order valence-electron chi connectivity index (χ1n) is 7.55. The first-order chi connectivity index (χ1) is 12.1. The Bertz CT molecular complexity index is 821. The van der Waals surface area contributed by atoms with Crippen LogP contribution in [-0.4, -0.2) is 32.4 Å². The van der Waals surface area contributed by atoms with Gasteiger partial charge in [0.2, 0.25) is 0 Å². The van der Waals surface area contributed by atoms with Crippen molar-refractivity contribution in [2.45, 2.75) is 13.1 Å². The lowest BCUT2D eigenvalue weighted by Gasteiger charge is -2.15. The zero-order chi connectivity index (χ0) is 19.5. The molecule has 2 rings (SSSR count). The van der Waals surface area contributed by atoms with Crippen LogP contribution in [0.25, 0.3) is 0 Å². The summed E-state index contributed by atoms with van der Waals surface area (Å²) in [5.41, 5.74) is 0.485. The number of hydrogen-bond acceptors (Lipinski definition) is 3. The van der Waals surface area contributed by atoms with E-state index in [4.69, 9.17) is 21.1 Å². The first kappa shape index (κ1) is 19.9. The molecule has 0 fully saturated rings. The molecule has 0 N–H and O–H groups in total. The Morgan fingerprint density at radius 2 is 1.81 bits per heavy atom. The third-order valence-corrected chi connectivity index (χ3v) is 3.71. The number of aryl methyl sites for hydroxylation is 1. The lowest BCUT2D eigenvalue weighted by Crippen LogP contribution is -2.07. The smallest absolute Gasteiger partial charge is 0.417 e. The molecule has 140 valence electrons. The molecule has 0 amide bonds. The molecule has 0 bridgehead atoms. The van der Waals surface area contributed by atoms with Gasteiger partial charge in [0.25, 0.3) is 0 Å². The van der Waals surface area contributed by atoms with Crippen LogP contribution in [0.3, 0.4) is 0 Å². The number of rotatable bonds is 5. The number of aliphatic imine (C=N–C) groups is 1. The summed E-state index contributed by atoms with van der Waals surface area (Å²) in [7, 11) is 5.12. The molecule has 0 spiro atoms. The van der Waals surface area contributed by atoms with E-state index in [0.717, 1.165) is 17.7 Å². The Balaban J connectivity index is 2.39. The molecular weight excluding hydrogens is 369 g/mol. The van der Waals surface area contributed by atoms with Gasteiger partial charge in [-0.1, -0.05) is 11.6 Å². The average molecular weight is 387 g/mol. The van der Waals surface area contributed by atoms with Gasteiger partial charge < -0.3 is 14.4 Å². The van der Waals surface area contributed by atoms with Gasteiger partial charge in [0.15, 0.2) is 11.5 Å². The third kappa shape index (κ3) is 4.82. The topological polar surface area (TPSA) is 34.1 Å². The molecule has 8 heteroatoms. The summed E-state index contributed by atoms with van der Waals surface area (Å²) in [6, 6.07) is 6.68. The Hall–Kier alpha value is -2.41. The molecule has 0 unspecified atom stereocenters.